The van der Waals surface area contributed by atoms with Crippen LogP contribution in [0.3, 0.4) is 0 Å². The van der Waals surface area contributed by atoms with Crippen LogP contribution < -0.4 is 10.1 Å². The van der Waals surface area contributed by atoms with Gasteiger partial charge in [-0.2, -0.15) is 0 Å². The molecule has 0 aromatic heterocycles. The lowest BCUT2D eigenvalue weighted by Crippen LogP contribution is -2.35. The molecule has 0 bridgehead atoms. The van der Waals surface area contributed by atoms with Crippen molar-refractivity contribution in [3.63, 3.8) is 0 Å². The molecular formula is C17H27NO4. The highest BCUT2D eigenvalue weighted by Crippen LogP contribution is 2.28. The maximum Gasteiger partial charge on any atom is 0.408 e. The zero-order valence-corrected chi connectivity index (χ0v) is 13.9. The summed E-state index contributed by atoms with van der Waals surface area (Å²) in [5.41, 5.74) is 0.358. The summed E-state index contributed by atoms with van der Waals surface area (Å²) in [4.78, 5) is 12.0. The lowest BCUT2D eigenvalue weighted by atomic mass is 10.0. The van der Waals surface area contributed by atoms with Gasteiger partial charge in [0.1, 0.15) is 18.0 Å². The van der Waals surface area contributed by atoms with Gasteiger partial charge in [0.25, 0.3) is 0 Å². The Balaban J connectivity index is 2.88. The third-order valence-electron chi connectivity index (χ3n) is 2.91. The maximum absolute atomic E-state index is 12.0. The van der Waals surface area contributed by atoms with Crippen molar-refractivity contribution < 1.29 is 19.4 Å². The van der Waals surface area contributed by atoms with Gasteiger partial charge in [0.2, 0.25) is 0 Å². The topological polar surface area (TPSA) is 67.8 Å². The number of carbonyl (C=O) groups is 1. The Morgan fingerprint density at radius 3 is 2.59 bits per heavy atom. The summed E-state index contributed by atoms with van der Waals surface area (Å²) in [6.07, 6.45) is 1.25. The van der Waals surface area contributed by atoms with Gasteiger partial charge in [-0.15, -0.1) is 0 Å². The summed E-state index contributed by atoms with van der Waals surface area (Å²) in [5.74, 6) is 0.672. The average Bonchev–Trinajstić information content (AvgIpc) is 2.43. The van der Waals surface area contributed by atoms with Crippen LogP contribution >= 0.6 is 0 Å². The molecule has 0 aliphatic carbocycles. The Hall–Kier alpha value is -1.75. The highest BCUT2D eigenvalue weighted by molar-refractivity contribution is 5.68. The molecule has 1 amide bonds. The van der Waals surface area contributed by atoms with Gasteiger partial charge in [0.05, 0.1) is 12.6 Å². The van der Waals surface area contributed by atoms with Crippen molar-refractivity contribution in [2.45, 2.75) is 52.2 Å². The van der Waals surface area contributed by atoms with Gasteiger partial charge in [-0.25, -0.2) is 4.79 Å². The first-order chi connectivity index (χ1) is 10.4. The lowest BCUT2D eigenvalue weighted by molar-refractivity contribution is 0.0500. The minimum Gasteiger partial charge on any atom is -0.491 e. The fraction of sp³-hybridized carbons (Fsp3) is 0.588. The Morgan fingerprint density at radius 2 is 2.00 bits per heavy atom. The molecule has 0 heterocycles. The molecule has 0 spiro atoms. The quantitative estimate of drug-likeness (QED) is 0.810. The Kier molecular flexibility index (Phi) is 7.18. The number of rotatable bonds is 7. The summed E-state index contributed by atoms with van der Waals surface area (Å²) in [7, 11) is 0. The molecule has 1 rings (SSSR count). The molecule has 0 aliphatic heterocycles. The van der Waals surface area contributed by atoms with E-state index in [1.54, 1.807) is 0 Å². The number of aliphatic hydroxyl groups excluding tert-OH is 1. The molecule has 22 heavy (non-hydrogen) atoms. The molecular weight excluding hydrogens is 282 g/mol. The van der Waals surface area contributed by atoms with Gasteiger partial charge in [0.15, 0.2) is 0 Å². The molecule has 0 unspecified atom stereocenters. The Morgan fingerprint density at radius 1 is 1.32 bits per heavy atom. The molecule has 0 saturated carbocycles. The number of nitrogens with one attached hydrogen (secondary N) is 1. The minimum absolute atomic E-state index is 0.0493. The zero-order chi connectivity index (χ0) is 16.6. The largest absolute Gasteiger partial charge is 0.491 e. The number of aliphatic hydroxyl groups is 1. The number of alkyl carbamates (subject to hydrolysis) is 1. The second kappa shape index (κ2) is 8.63. The second-order valence-corrected chi connectivity index (χ2v) is 6.10. The van der Waals surface area contributed by atoms with E-state index >= 15 is 0 Å². The van der Waals surface area contributed by atoms with E-state index in [-0.39, 0.29) is 19.3 Å². The molecule has 0 fully saturated rings. The van der Waals surface area contributed by atoms with E-state index in [1.165, 1.54) is 0 Å². The van der Waals surface area contributed by atoms with Crippen LogP contribution in [-0.4, -0.2) is 30.0 Å². The van der Waals surface area contributed by atoms with E-state index in [2.05, 4.69) is 12.2 Å². The fourth-order valence-electron chi connectivity index (χ4n) is 2.10. The molecule has 1 aromatic rings. The summed E-state index contributed by atoms with van der Waals surface area (Å²) in [6, 6.07) is 7.34. The lowest BCUT2D eigenvalue weighted by Gasteiger charge is -2.25. The first kappa shape index (κ1) is 18.3. The van der Waals surface area contributed by atoms with Crippen LogP contribution in [-0.2, 0) is 4.74 Å². The van der Waals surface area contributed by atoms with Gasteiger partial charge in [0, 0.05) is 5.56 Å². The second-order valence-electron chi connectivity index (χ2n) is 6.10. The zero-order valence-electron chi connectivity index (χ0n) is 13.9. The van der Waals surface area contributed by atoms with E-state index in [0.29, 0.717) is 5.75 Å². The number of para-hydroxylation sites is 1. The van der Waals surface area contributed by atoms with Crippen molar-refractivity contribution in [1.29, 1.82) is 0 Å². The molecule has 0 saturated heterocycles. The number of carbonyl (C=O) groups excluding carboxylic acids is 1. The third kappa shape index (κ3) is 6.35. The van der Waals surface area contributed by atoms with Gasteiger partial charge < -0.3 is 19.9 Å². The van der Waals surface area contributed by atoms with E-state index in [4.69, 9.17) is 14.6 Å². The third-order valence-corrected chi connectivity index (χ3v) is 2.91. The smallest absolute Gasteiger partial charge is 0.408 e. The molecule has 1 aromatic carbocycles. The number of hydrogen-bond donors (Lipinski definition) is 2. The Bertz CT molecular complexity index is 468. The van der Waals surface area contributed by atoms with Gasteiger partial charge >= 0.3 is 6.09 Å². The van der Waals surface area contributed by atoms with E-state index < -0.39 is 11.7 Å². The predicted molar refractivity (Wildman–Crippen MR) is 86.0 cm³/mol. The molecule has 1 atom stereocenters. The maximum atomic E-state index is 12.0. The number of benzene rings is 1. The normalized spacial score (nSPS) is 12.6. The van der Waals surface area contributed by atoms with Crippen LogP contribution in [0, 0.1) is 0 Å². The van der Waals surface area contributed by atoms with Crippen LogP contribution in [0.2, 0.25) is 0 Å². The average molecular weight is 309 g/mol. The standard InChI is InChI=1S/C17H27NO4/c1-5-8-14(18-16(20)22-17(2,3)4)13-9-6-7-10-15(13)21-12-11-19/h6-7,9-10,14,19H,5,8,11-12H2,1-4H3,(H,18,20)/t14-/m1/s1. The summed E-state index contributed by atoms with van der Waals surface area (Å²) in [6.45, 7) is 7.73. The number of amides is 1. The number of ether oxygens (including phenoxy) is 2. The van der Waals surface area contributed by atoms with Crippen molar-refractivity contribution in [3.05, 3.63) is 29.8 Å². The van der Waals surface area contributed by atoms with Crippen molar-refractivity contribution in [3.8, 4) is 5.75 Å². The number of hydrogen-bond acceptors (Lipinski definition) is 4. The van der Waals surface area contributed by atoms with Crippen LogP contribution in [0.5, 0.6) is 5.75 Å². The van der Waals surface area contributed by atoms with Crippen LogP contribution in [0.25, 0.3) is 0 Å². The molecule has 5 nitrogen and oxygen atoms in total. The highest BCUT2D eigenvalue weighted by atomic mass is 16.6. The summed E-state index contributed by atoms with van der Waals surface area (Å²) >= 11 is 0. The predicted octanol–water partition coefficient (Wildman–Crippen LogP) is 3.42. The van der Waals surface area contributed by atoms with Crippen molar-refractivity contribution in [1.82, 2.24) is 5.32 Å². The van der Waals surface area contributed by atoms with Gasteiger partial charge in [-0.1, -0.05) is 31.5 Å². The summed E-state index contributed by atoms with van der Waals surface area (Å²) < 4.78 is 10.9. The van der Waals surface area contributed by atoms with Crippen molar-refractivity contribution in [2.24, 2.45) is 0 Å². The van der Waals surface area contributed by atoms with E-state index in [1.807, 2.05) is 45.0 Å². The van der Waals surface area contributed by atoms with Crippen LogP contribution in [0.15, 0.2) is 24.3 Å². The minimum atomic E-state index is -0.534. The van der Waals surface area contributed by atoms with Crippen LogP contribution in [0.4, 0.5) is 4.79 Å². The molecule has 124 valence electrons. The SMILES string of the molecule is CCC[C@@H](NC(=O)OC(C)(C)C)c1ccccc1OCCO. The first-order valence-corrected chi connectivity index (χ1v) is 7.69. The highest BCUT2D eigenvalue weighted by Gasteiger charge is 2.22. The molecule has 2 N–H and O–H groups in total. The monoisotopic (exact) mass is 309 g/mol. The molecule has 0 radical (unpaired) electrons. The fourth-order valence-corrected chi connectivity index (χ4v) is 2.10. The van der Waals surface area contributed by atoms with Crippen LogP contribution in [0.1, 0.15) is 52.1 Å². The summed E-state index contributed by atoms with van der Waals surface area (Å²) in [5, 5.41) is 11.8. The van der Waals surface area contributed by atoms with Crippen molar-refractivity contribution in [2.75, 3.05) is 13.2 Å². The van der Waals surface area contributed by atoms with Gasteiger partial charge in [-0.3, -0.25) is 0 Å². The molecule has 0 aliphatic rings. The van der Waals surface area contributed by atoms with Gasteiger partial charge in [-0.05, 0) is 33.3 Å². The molecule has 5 heteroatoms. The first-order valence-electron chi connectivity index (χ1n) is 7.69. The van der Waals surface area contributed by atoms with E-state index in [9.17, 15) is 4.79 Å². The van der Waals surface area contributed by atoms with E-state index in [0.717, 1.165) is 18.4 Å². The Labute approximate surface area is 132 Å². The van der Waals surface area contributed by atoms with Crippen molar-refractivity contribution >= 4 is 6.09 Å².